The molecule has 0 aliphatic carbocycles. The zero-order chi connectivity index (χ0) is 15.7. The lowest BCUT2D eigenvalue weighted by Gasteiger charge is -2.44. The van der Waals surface area contributed by atoms with Crippen LogP contribution < -0.4 is 4.90 Å². The monoisotopic (exact) mass is 315 g/mol. The molecular formula is C17H21N3O3. The maximum atomic E-state index is 6.05. The fourth-order valence-corrected chi connectivity index (χ4v) is 3.22. The molecular weight excluding hydrogens is 294 g/mol. The number of morpholine rings is 1. The first-order valence-corrected chi connectivity index (χ1v) is 8.12. The van der Waals surface area contributed by atoms with Crippen molar-refractivity contribution in [2.45, 2.75) is 25.4 Å². The van der Waals surface area contributed by atoms with E-state index in [0.717, 1.165) is 44.7 Å². The van der Waals surface area contributed by atoms with Gasteiger partial charge >= 0.3 is 6.01 Å². The van der Waals surface area contributed by atoms with Crippen LogP contribution in [0.15, 0.2) is 28.8 Å². The number of hydrogen-bond donors (Lipinski definition) is 0. The second kappa shape index (κ2) is 5.94. The van der Waals surface area contributed by atoms with Crippen molar-refractivity contribution < 1.29 is 14.0 Å². The average molecular weight is 315 g/mol. The van der Waals surface area contributed by atoms with Gasteiger partial charge in [0.05, 0.1) is 18.8 Å². The first-order valence-electron chi connectivity index (χ1n) is 8.12. The summed E-state index contributed by atoms with van der Waals surface area (Å²) in [5.41, 5.74) is 2.06. The molecule has 23 heavy (non-hydrogen) atoms. The van der Waals surface area contributed by atoms with Crippen LogP contribution in [-0.2, 0) is 9.47 Å². The van der Waals surface area contributed by atoms with Crippen molar-refractivity contribution in [2.75, 3.05) is 37.8 Å². The largest absolute Gasteiger partial charge is 0.381 e. The number of nitrogens with zero attached hydrogens (tertiary/aromatic N) is 3. The van der Waals surface area contributed by atoms with Crippen LogP contribution in [0.2, 0.25) is 0 Å². The van der Waals surface area contributed by atoms with Crippen LogP contribution in [0, 0.1) is 6.92 Å². The van der Waals surface area contributed by atoms with E-state index in [-0.39, 0.29) is 5.60 Å². The first kappa shape index (κ1) is 14.7. The molecule has 0 bridgehead atoms. The third-order valence-electron chi connectivity index (χ3n) is 4.65. The molecule has 0 atom stereocenters. The van der Waals surface area contributed by atoms with Gasteiger partial charge in [0.1, 0.15) is 0 Å². The van der Waals surface area contributed by atoms with Gasteiger partial charge in [-0.3, -0.25) is 0 Å². The zero-order valence-electron chi connectivity index (χ0n) is 13.3. The topological polar surface area (TPSA) is 60.6 Å². The third-order valence-corrected chi connectivity index (χ3v) is 4.65. The molecule has 122 valence electrons. The lowest BCUT2D eigenvalue weighted by molar-refractivity contribution is -0.117. The van der Waals surface area contributed by atoms with E-state index in [4.69, 9.17) is 14.0 Å². The quantitative estimate of drug-likeness (QED) is 0.848. The van der Waals surface area contributed by atoms with E-state index < -0.39 is 0 Å². The van der Waals surface area contributed by atoms with Gasteiger partial charge in [-0.25, -0.2) is 0 Å². The lowest BCUT2D eigenvalue weighted by Crippen LogP contribution is -2.54. The molecule has 4 rings (SSSR count). The van der Waals surface area contributed by atoms with Crippen LogP contribution in [0.1, 0.15) is 18.4 Å². The van der Waals surface area contributed by atoms with E-state index in [1.165, 1.54) is 5.56 Å². The number of benzene rings is 1. The summed E-state index contributed by atoms with van der Waals surface area (Å²) in [6.07, 6.45) is 1.84. The fraction of sp³-hybridized carbons (Fsp3) is 0.529. The Morgan fingerprint density at radius 3 is 2.65 bits per heavy atom. The Morgan fingerprint density at radius 2 is 1.87 bits per heavy atom. The minimum atomic E-state index is -0.130. The molecule has 1 aromatic heterocycles. The number of aromatic nitrogens is 2. The molecule has 0 N–H and O–H groups in total. The van der Waals surface area contributed by atoms with E-state index in [0.29, 0.717) is 18.4 Å². The van der Waals surface area contributed by atoms with E-state index in [1.54, 1.807) is 0 Å². The molecule has 2 saturated heterocycles. The predicted octanol–water partition coefficient (Wildman–Crippen LogP) is 2.43. The summed E-state index contributed by atoms with van der Waals surface area (Å²) in [5.74, 6) is 0.632. The van der Waals surface area contributed by atoms with Gasteiger partial charge in [0.25, 0.3) is 0 Å². The Hall–Kier alpha value is -1.92. The highest BCUT2D eigenvalue weighted by molar-refractivity contribution is 5.56. The Kier molecular flexibility index (Phi) is 3.79. The van der Waals surface area contributed by atoms with Gasteiger partial charge in [-0.05, 0) is 6.92 Å². The summed E-state index contributed by atoms with van der Waals surface area (Å²) in [6, 6.07) is 8.72. The maximum absolute atomic E-state index is 6.05. The van der Waals surface area contributed by atoms with Crippen molar-refractivity contribution in [1.29, 1.82) is 0 Å². The highest BCUT2D eigenvalue weighted by Crippen LogP contribution is 2.31. The molecule has 6 nitrogen and oxygen atoms in total. The number of rotatable bonds is 2. The van der Waals surface area contributed by atoms with Gasteiger partial charge in [0.2, 0.25) is 5.82 Å². The van der Waals surface area contributed by atoms with Crippen LogP contribution >= 0.6 is 0 Å². The second-order valence-corrected chi connectivity index (χ2v) is 6.33. The van der Waals surface area contributed by atoms with Crippen molar-refractivity contribution in [3.05, 3.63) is 29.8 Å². The SMILES string of the molecule is Cc1ccc(-c2noc(N3CCOC4(CCOCC4)C3)n2)cc1. The van der Waals surface area contributed by atoms with Crippen LogP contribution in [-0.4, -0.2) is 48.7 Å². The van der Waals surface area contributed by atoms with Gasteiger partial charge in [-0.2, -0.15) is 4.98 Å². The van der Waals surface area contributed by atoms with Crippen LogP contribution in [0.25, 0.3) is 11.4 Å². The number of aryl methyl sites for hydroxylation is 1. The van der Waals surface area contributed by atoms with E-state index in [2.05, 4.69) is 34.1 Å². The summed E-state index contributed by atoms with van der Waals surface area (Å²) in [4.78, 5) is 6.71. The molecule has 2 aliphatic heterocycles. The van der Waals surface area contributed by atoms with E-state index in [1.807, 2.05) is 12.1 Å². The second-order valence-electron chi connectivity index (χ2n) is 6.33. The average Bonchev–Trinajstić information content (AvgIpc) is 3.06. The fourth-order valence-electron chi connectivity index (χ4n) is 3.22. The van der Waals surface area contributed by atoms with Crippen molar-refractivity contribution in [1.82, 2.24) is 10.1 Å². The first-order chi connectivity index (χ1) is 11.2. The van der Waals surface area contributed by atoms with E-state index in [9.17, 15) is 0 Å². The molecule has 2 fully saturated rings. The molecule has 0 unspecified atom stereocenters. The molecule has 1 aromatic carbocycles. The summed E-state index contributed by atoms with van der Waals surface area (Å²) >= 11 is 0. The lowest BCUT2D eigenvalue weighted by atomic mass is 9.92. The summed E-state index contributed by atoms with van der Waals surface area (Å²) in [5, 5.41) is 4.13. The van der Waals surface area contributed by atoms with Crippen LogP contribution in [0.5, 0.6) is 0 Å². The number of anilines is 1. The molecule has 2 aliphatic rings. The van der Waals surface area contributed by atoms with Gasteiger partial charge in [-0.1, -0.05) is 35.0 Å². The van der Waals surface area contributed by atoms with Crippen LogP contribution in [0.4, 0.5) is 6.01 Å². The highest BCUT2D eigenvalue weighted by atomic mass is 16.5. The Morgan fingerprint density at radius 1 is 1.09 bits per heavy atom. The number of hydrogen-bond acceptors (Lipinski definition) is 6. The zero-order valence-corrected chi connectivity index (χ0v) is 13.3. The smallest absolute Gasteiger partial charge is 0.324 e. The standard InChI is InChI=1S/C17H21N3O3/c1-13-2-4-14(5-3-13)15-18-16(23-19-15)20-8-11-22-17(12-20)6-9-21-10-7-17/h2-5H,6-12H2,1H3. The Balaban J connectivity index is 1.53. The molecule has 0 radical (unpaired) electrons. The molecule has 6 heteroatoms. The molecule has 3 heterocycles. The summed E-state index contributed by atoms with van der Waals surface area (Å²) in [6.45, 7) is 5.82. The minimum Gasteiger partial charge on any atom is -0.381 e. The summed E-state index contributed by atoms with van der Waals surface area (Å²) in [7, 11) is 0. The van der Waals surface area contributed by atoms with E-state index >= 15 is 0 Å². The number of ether oxygens (including phenoxy) is 2. The normalized spacial score (nSPS) is 20.8. The third kappa shape index (κ3) is 2.96. The van der Waals surface area contributed by atoms with Crippen molar-refractivity contribution in [3.8, 4) is 11.4 Å². The minimum absolute atomic E-state index is 0.130. The van der Waals surface area contributed by atoms with Gasteiger partial charge in [0, 0.05) is 38.2 Å². The van der Waals surface area contributed by atoms with Crippen LogP contribution in [0.3, 0.4) is 0 Å². The molecule has 2 aromatic rings. The van der Waals surface area contributed by atoms with Gasteiger partial charge in [-0.15, -0.1) is 0 Å². The van der Waals surface area contributed by atoms with Gasteiger partial charge < -0.3 is 18.9 Å². The van der Waals surface area contributed by atoms with Crippen molar-refractivity contribution in [2.24, 2.45) is 0 Å². The van der Waals surface area contributed by atoms with Crippen molar-refractivity contribution in [3.63, 3.8) is 0 Å². The Bertz CT molecular complexity index is 656. The molecule has 0 amide bonds. The molecule has 1 spiro atoms. The maximum Gasteiger partial charge on any atom is 0.324 e. The highest BCUT2D eigenvalue weighted by Gasteiger charge is 2.39. The predicted molar refractivity (Wildman–Crippen MR) is 85.4 cm³/mol. The Labute approximate surface area is 135 Å². The van der Waals surface area contributed by atoms with Crippen molar-refractivity contribution >= 4 is 6.01 Å². The van der Waals surface area contributed by atoms with Gasteiger partial charge in [0.15, 0.2) is 0 Å². The molecule has 0 saturated carbocycles. The summed E-state index contributed by atoms with van der Waals surface area (Å²) < 4.78 is 17.0.